The molecule has 3 aromatic rings. The molecule has 1 atom stereocenters. The topological polar surface area (TPSA) is 78.1 Å². The van der Waals surface area contributed by atoms with Gasteiger partial charge >= 0.3 is 5.69 Å². The number of Topliss-reactive ketones (excluding diaryl/α,β-unsaturated/α-hetero) is 1. The monoisotopic (exact) mass is 458 g/mol. The molecular weight excluding hydrogens is 431 g/mol. The van der Waals surface area contributed by atoms with E-state index >= 15 is 0 Å². The van der Waals surface area contributed by atoms with Gasteiger partial charge in [-0.05, 0) is 68.5 Å². The average molecular weight is 459 g/mol. The van der Waals surface area contributed by atoms with Crippen molar-refractivity contribution < 1.29 is 17.6 Å². The van der Waals surface area contributed by atoms with E-state index in [1.165, 1.54) is 10.6 Å². The summed E-state index contributed by atoms with van der Waals surface area (Å²) in [6.45, 7) is 7.37. The van der Waals surface area contributed by atoms with Crippen LogP contribution in [0, 0.1) is 18.2 Å². The number of fused-ring (bicyclic) bond motifs is 1. The average Bonchev–Trinajstić information content (AvgIpc) is 3.14. The molecular formula is C24H27FN2O4S. The number of ketones is 1. The van der Waals surface area contributed by atoms with Gasteiger partial charge in [0, 0.05) is 18.0 Å². The quantitative estimate of drug-likeness (QED) is 0.537. The molecule has 0 unspecified atom stereocenters. The summed E-state index contributed by atoms with van der Waals surface area (Å²) in [6, 6.07) is 9.36. The minimum absolute atomic E-state index is 0.00764. The maximum atomic E-state index is 14.6. The van der Waals surface area contributed by atoms with Crippen LogP contribution in [0.2, 0.25) is 0 Å². The van der Waals surface area contributed by atoms with Crippen LogP contribution in [0.15, 0.2) is 41.2 Å². The molecule has 0 N–H and O–H groups in total. The number of sulfone groups is 1. The van der Waals surface area contributed by atoms with E-state index in [0.29, 0.717) is 23.0 Å². The van der Waals surface area contributed by atoms with Gasteiger partial charge in [-0.2, -0.15) is 0 Å². The molecule has 0 bridgehead atoms. The third-order valence-corrected chi connectivity index (χ3v) is 8.19. The lowest BCUT2D eigenvalue weighted by molar-refractivity contribution is 0.0934. The van der Waals surface area contributed by atoms with Gasteiger partial charge in [0.1, 0.15) is 5.82 Å². The fraction of sp³-hybridized carbons (Fsp3) is 0.417. The van der Waals surface area contributed by atoms with Crippen LogP contribution in [0.4, 0.5) is 4.39 Å². The van der Waals surface area contributed by atoms with Crippen LogP contribution >= 0.6 is 0 Å². The zero-order chi connectivity index (χ0) is 23.4. The molecule has 1 saturated heterocycles. The van der Waals surface area contributed by atoms with E-state index in [1.54, 1.807) is 34.9 Å². The molecule has 1 fully saturated rings. The van der Waals surface area contributed by atoms with Crippen molar-refractivity contribution in [3.05, 3.63) is 63.8 Å². The van der Waals surface area contributed by atoms with E-state index in [1.807, 2.05) is 27.7 Å². The highest BCUT2D eigenvalue weighted by atomic mass is 32.2. The van der Waals surface area contributed by atoms with E-state index in [-0.39, 0.29) is 41.1 Å². The summed E-state index contributed by atoms with van der Waals surface area (Å²) >= 11 is 0. The number of carbonyl (C=O) groups excluding carboxylic acids is 1. The maximum absolute atomic E-state index is 14.6. The van der Waals surface area contributed by atoms with Crippen molar-refractivity contribution in [1.29, 1.82) is 0 Å². The molecule has 2 aromatic carbocycles. The predicted molar refractivity (Wildman–Crippen MR) is 123 cm³/mol. The van der Waals surface area contributed by atoms with Crippen LogP contribution in [0.5, 0.6) is 0 Å². The number of carbonyl (C=O) groups is 1. The van der Waals surface area contributed by atoms with Gasteiger partial charge in [-0.25, -0.2) is 17.6 Å². The summed E-state index contributed by atoms with van der Waals surface area (Å²) in [6.07, 6.45) is 0.583. The van der Waals surface area contributed by atoms with Crippen molar-refractivity contribution in [2.75, 3.05) is 11.5 Å². The summed E-state index contributed by atoms with van der Waals surface area (Å²) in [4.78, 5) is 26.3. The van der Waals surface area contributed by atoms with Crippen LogP contribution in [0.3, 0.4) is 0 Å². The number of imidazole rings is 1. The summed E-state index contributed by atoms with van der Waals surface area (Å²) in [5.41, 5.74) is 1.50. The van der Waals surface area contributed by atoms with Crippen LogP contribution in [0.25, 0.3) is 16.7 Å². The van der Waals surface area contributed by atoms with Crippen molar-refractivity contribution in [3.63, 3.8) is 0 Å². The molecule has 0 amide bonds. The zero-order valence-corrected chi connectivity index (χ0v) is 19.5. The number of halogens is 1. The maximum Gasteiger partial charge on any atom is 0.334 e. The van der Waals surface area contributed by atoms with Crippen molar-refractivity contribution in [3.8, 4) is 5.69 Å². The van der Waals surface area contributed by atoms with E-state index < -0.39 is 21.1 Å². The molecule has 4 rings (SSSR count). The lowest BCUT2D eigenvalue weighted by Crippen LogP contribution is -2.25. The van der Waals surface area contributed by atoms with Gasteiger partial charge < -0.3 is 0 Å². The van der Waals surface area contributed by atoms with Gasteiger partial charge in [0.2, 0.25) is 0 Å². The van der Waals surface area contributed by atoms with Crippen LogP contribution in [-0.2, 0) is 9.84 Å². The molecule has 6 nitrogen and oxygen atoms in total. The normalized spacial score (nSPS) is 20.3. The number of hydrogen-bond acceptors (Lipinski definition) is 4. The molecule has 0 spiro atoms. The van der Waals surface area contributed by atoms with Crippen molar-refractivity contribution in [2.24, 2.45) is 5.41 Å². The molecule has 0 aliphatic carbocycles. The second-order valence-electron chi connectivity index (χ2n) is 9.49. The molecule has 8 heteroatoms. The van der Waals surface area contributed by atoms with Crippen molar-refractivity contribution in [1.82, 2.24) is 9.13 Å². The number of aryl methyl sites for hydroxylation is 1. The lowest BCUT2D eigenvalue weighted by atomic mass is 9.83. The van der Waals surface area contributed by atoms with Crippen LogP contribution < -0.4 is 5.69 Å². The molecule has 170 valence electrons. The Hall–Kier alpha value is -2.74. The second-order valence-corrected chi connectivity index (χ2v) is 11.7. The van der Waals surface area contributed by atoms with Gasteiger partial charge in [-0.1, -0.05) is 13.0 Å². The molecule has 1 aliphatic rings. The fourth-order valence-electron chi connectivity index (χ4n) is 4.62. The Morgan fingerprint density at radius 1 is 1.16 bits per heavy atom. The van der Waals surface area contributed by atoms with Crippen molar-refractivity contribution in [2.45, 2.75) is 46.6 Å². The van der Waals surface area contributed by atoms with Gasteiger partial charge in [0.15, 0.2) is 15.6 Å². The number of benzene rings is 2. The number of rotatable bonds is 5. The van der Waals surface area contributed by atoms with E-state index in [2.05, 4.69) is 0 Å². The van der Waals surface area contributed by atoms with E-state index in [4.69, 9.17) is 0 Å². The highest BCUT2D eigenvalue weighted by Gasteiger charge is 2.40. The van der Waals surface area contributed by atoms with Crippen LogP contribution in [-0.4, -0.2) is 34.8 Å². The smallest absolute Gasteiger partial charge is 0.294 e. The third-order valence-electron chi connectivity index (χ3n) is 6.23. The second kappa shape index (κ2) is 7.69. The molecule has 2 heterocycles. The molecule has 1 aliphatic heterocycles. The molecule has 1 aromatic heterocycles. The summed E-state index contributed by atoms with van der Waals surface area (Å²) < 4.78 is 41.3. The Kier molecular flexibility index (Phi) is 5.40. The van der Waals surface area contributed by atoms with E-state index in [0.717, 1.165) is 5.56 Å². The van der Waals surface area contributed by atoms with Gasteiger partial charge in [0.25, 0.3) is 0 Å². The first-order chi connectivity index (χ1) is 14.9. The number of nitrogens with zero attached hydrogens (tertiary/aromatic N) is 2. The first-order valence-electron chi connectivity index (χ1n) is 10.7. The minimum Gasteiger partial charge on any atom is -0.294 e. The SMILES string of the molecule is Cc1ccc(F)c(-n2c(=O)n(C(C)C)c3cc(C(=O)C[C@@]4(C)CCS(=O)(=O)C4)ccc32)c1. The summed E-state index contributed by atoms with van der Waals surface area (Å²) in [5.74, 6) is -0.554. The highest BCUT2D eigenvalue weighted by Crippen LogP contribution is 2.36. The number of aromatic nitrogens is 2. The predicted octanol–water partition coefficient (Wildman–Crippen LogP) is 4.22. The fourth-order valence-corrected chi connectivity index (χ4v) is 6.88. The number of hydrogen-bond donors (Lipinski definition) is 0. The summed E-state index contributed by atoms with van der Waals surface area (Å²) in [5, 5.41) is 0. The standard InChI is InChI=1S/C24H27FN2O4S/c1-15(2)26-21-12-17(22(28)13-24(4)9-10-32(30,31)14-24)6-8-19(21)27(23(26)29)20-11-16(3)5-7-18(20)25/h5-8,11-12,15H,9-10,13-14H2,1-4H3/t24-/m1/s1. The zero-order valence-electron chi connectivity index (χ0n) is 18.7. The molecule has 0 saturated carbocycles. The summed E-state index contributed by atoms with van der Waals surface area (Å²) in [7, 11) is -3.11. The highest BCUT2D eigenvalue weighted by molar-refractivity contribution is 7.91. The first kappa shape index (κ1) is 22.5. The Morgan fingerprint density at radius 3 is 2.50 bits per heavy atom. The third kappa shape index (κ3) is 3.92. The van der Waals surface area contributed by atoms with Gasteiger partial charge in [-0.3, -0.25) is 13.9 Å². The molecule has 0 radical (unpaired) electrons. The Labute approximate surface area is 186 Å². The largest absolute Gasteiger partial charge is 0.334 e. The molecule has 32 heavy (non-hydrogen) atoms. The van der Waals surface area contributed by atoms with Gasteiger partial charge in [0.05, 0.1) is 28.2 Å². The van der Waals surface area contributed by atoms with Crippen LogP contribution in [0.1, 0.15) is 55.6 Å². The lowest BCUT2D eigenvalue weighted by Gasteiger charge is -2.20. The Bertz CT molecular complexity index is 1400. The van der Waals surface area contributed by atoms with Gasteiger partial charge in [-0.15, -0.1) is 0 Å². The van der Waals surface area contributed by atoms with Crippen molar-refractivity contribution >= 4 is 26.7 Å². The Balaban J connectivity index is 1.83. The Morgan fingerprint density at radius 2 is 1.88 bits per heavy atom. The minimum atomic E-state index is -3.11. The first-order valence-corrected chi connectivity index (χ1v) is 12.5. The van der Waals surface area contributed by atoms with E-state index in [9.17, 15) is 22.4 Å².